The Balaban J connectivity index is 2.03. The topological polar surface area (TPSA) is 39.7 Å². The molecule has 0 saturated heterocycles. The van der Waals surface area contributed by atoms with Gasteiger partial charge in [-0.15, -0.1) is 0 Å². The van der Waals surface area contributed by atoms with Gasteiger partial charge in [0.2, 0.25) is 0 Å². The molecule has 0 bridgehead atoms. The molecule has 1 N–H and O–H groups in total. The van der Waals surface area contributed by atoms with E-state index in [2.05, 4.69) is 5.32 Å². The minimum Gasteiger partial charge on any atom is -0.382 e. The van der Waals surface area contributed by atoms with Gasteiger partial charge in [-0.3, -0.25) is 0 Å². The second-order valence-corrected chi connectivity index (χ2v) is 4.06. The maximum absolute atomic E-state index is 13.3. The van der Waals surface area contributed by atoms with Gasteiger partial charge in [-0.25, -0.2) is 4.39 Å². The normalized spacial score (nSPS) is 10.7. The lowest BCUT2D eigenvalue weighted by Crippen LogP contribution is -2.14. The van der Waals surface area contributed by atoms with Crippen LogP contribution in [0.5, 0.6) is 0 Å². The molecule has 0 aliphatic heterocycles. The summed E-state index contributed by atoms with van der Waals surface area (Å²) in [5.41, 5.74) is 1.44. The molecule has 0 aromatic heterocycles. The van der Waals surface area contributed by atoms with E-state index in [1.807, 2.05) is 6.07 Å². The van der Waals surface area contributed by atoms with Gasteiger partial charge in [-0.05, 0) is 19.1 Å². The van der Waals surface area contributed by atoms with E-state index in [1.165, 1.54) is 6.07 Å². The Labute approximate surface area is 113 Å². The zero-order valence-corrected chi connectivity index (χ0v) is 11.6. The summed E-state index contributed by atoms with van der Waals surface area (Å²) in [7, 11) is 1.64. The molecular weight excluding hydrogens is 249 g/mol. The lowest BCUT2D eigenvalue weighted by molar-refractivity contribution is 0.0272. The van der Waals surface area contributed by atoms with Crippen LogP contribution in [0.4, 0.5) is 10.1 Å². The van der Waals surface area contributed by atoms with Crippen LogP contribution in [0.15, 0.2) is 18.2 Å². The van der Waals surface area contributed by atoms with Crippen molar-refractivity contribution >= 4 is 5.69 Å². The van der Waals surface area contributed by atoms with E-state index < -0.39 is 0 Å². The van der Waals surface area contributed by atoms with Gasteiger partial charge in [0.15, 0.2) is 0 Å². The van der Waals surface area contributed by atoms with E-state index in [0.717, 1.165) is 5.69 Å². The Hall–Kier alpha value is -1.17. The van der Waals surface area contributed by atoms with Crippen molar-refractivity contribution in [3.8, 4) is 0 Å². The molecule has 4 nitrogen and oxygen atoms in total. The van der Waals surface area contributed by atoms with E-state index in [4.69, 9.17) is 14.2 Å². The van der Waals surface area contributed by atoms with Gasteiger partial charge < -0.3 is 19.5 Å². The molecular formula is C14H22FNO3. The Morgan fingerprint density at radius 1 is 1.05 bits per heavy atom. The number of benzene rings is 1. The lowest BCUT2D eigenvalue weighted by Gasteiger charge is -2.10. The Morgan fingerprint density at radius 2 is 1.74 bits per heavy atom. The van der Waals surface area contributed by atoms with Gasteiger partial charge in [0.1, 0.15) is 5.82 Å². The number of hydrogen-bond donors (Lipinski definition) is 1. The zero-order chi connectivity index (χ0) is 13.9. The maximum Gasteiger partial charge on any atom is 0.128 e. The molecule has 0 atom stereocenters. The fourth-order valence-corrected chi connectivity index (χ4v) is 1.52. The second-order valence-electron chi connectivity index (χ2n) is 4.06. The van der Waals surface area contributed by atoms with Gasteiger partial charge in [0.05, 0.1) is 33.0 Å². The monoisotopic (exact) mass is 271 g/mol. The summed E-state index contributed by atoms with van der Waals surface area (Å²) < 4.78 is 28.7. The van der Waals surface area contributed by atoms with Crippen LogP contribution in [0.1, 0.15) is 5.56 Å². The van der Waals surface area contributed by atoms with Crippen molar-refractivity contribution in [2.45, 2.75) is 6.92 Å². The number of ether oxygens (including phenoxy) is 3. The number of methoxy groups -OCH3 is 1. The molecule has 0 radical (unpaired) electrons. The molecule has 0 unspecified atom stereocenters. The Bertz CT molecular complexity index is 361. The summed E-state index contributed by atoms with van der Waals surface area (Å²) in [4.78, 5) is 0. The summed E-state index contributed by atoms with van der Waals surface area (Å²) in [6, 6.07) is 5.00. The molecule has 0 aliphatic rings. The van der Waals surface area contributed by atoms with Crippen LogP contribution in [0.25, 0.3) is 0 Å². The second kappa shape index (κ2) is 9.72. The number of anilines is 1. The van der Waals surface area contributed by atoms with E-state index >= 15 is 0 Å². The van der Waals surface area contributed by atoms with Crippen LogP contribution >= 0.6 is 0 Å². The van der Waals surface area contributed by atoms with Crippen molar-refractivity contribution in [2.24, 2.45) is 0 Å². The first-order valence-electron chi connectivity index (χ1n) is 6.39. The molecule has 0 aliphatic carbocycles. The average Bonchev–Trinajstić information content (AvgIpc) is 2.41. The fourth-order valence-electron chi connectivity index (χ4n) is 1.52. The predicted molar refractivity (Wildman–Crippen MR) is 73.1 cm³/mol. The van der Waals surface area contributed by atoms with Gasteiger partial charge in [-0.2, -0.15) is 0 Å². The molecule has 5 heteroatoms. The molecule has 1 aromatic rings. The summed E-state index contributed by atoms with van der Waals surface area (Å²) in [6.45, 7) is 5.24. The minimum atomic E-state index is -0.197. The standard InChI is InChI=1S/C14H22FNO3/c1-12-13(15)4-3-5-14(12)16-6-7-18-10-11-19-9-8-17-2/h3-5,16H,6-11H2,1-2H3. The highest BCUT2D eigenvalue weighted by Crippen LogP contribution is 2.16. The SMILES string of the molecule is COCCOCCOCCNc1cccc(F)c1C. The molecule has 1 aromatic carbocycles. The number of nitrogens with one attached hydrogen (secondary N) is 1. The van der Waals surface area contributed by atoms with Crippen LogP contribution in [0, 0.1) is 12.7 Å². The van der Waals surface area contributed by atoms with Crippen molar-refractivity contribution in [2.75, 3.05) is 52.0 Å². The first-order chi connectivity index (χ1) is 9.25. The highest BCUT2D eigenvalue weighted by Gasteiger charge is 2.01. The Morgan fingerprint density at radius 3 is 2.47 bits per heavy atom. The van der Waals surface area contributed by atoms with Gasteiger partial charge >= 0.3 is 0 Å². The van der Waals surface area contributed by atoms with Gasteiger partial charge in [0.25, 0.3) is 0 Å². The fraction of sp³-hybridized carbons (Fsp3) is 0.571. The van der Waals surface area contributed by atoms with E-state index in [0.29, 0.717) is 45.1 Å². The first-order valence-corrected chi connectivity index (χ1v) is 6.39. The van der Waals surface area contributed by atoms with Crippen molar-refractivity contribution in [1.29, 1.82) is 0 Å². The summed E-state index contributed by atoms with van der Waals surface area (Å²) in [5, 5.41) is 3.14. The third kappa shape index (κ3) is 6.52. The van der Waals surface area contributed by atoms with Crippen molar-refractivity contribution in [1.82, 2.24) is 0 Å². The van der Waals surface area contributed by atoms with Crippen LogP contribution in [0.2, 0.25) is 0 Å². The summed E-state index contributed by atoms with van der Waals surface area (Å²) in [6.07, 6.45) is 0. The van der Waals surface area contributed by atoms with Gasteiger partial charge in [0, 0.05) is 24.9 Å². The van der Waals surface area contributed by atoms with Crippen LogP contribution < -0.4 is 5.32 Å². The molecule has 1 rings (SSSR count). The third-order valence-electron chi connectivity index (χ3n) is 2.63. The first kappa shape index (κ1) is 15.9. The van der Waals surface area contributed by atoms with Crippen molar-refractivity contribution in [3.05, 3.63) is 29.6 Å². The predicted octanol–water partition coefficient (Wildman–Crippen LogP) is 2.23. The molecule has 0 saturated carbocycles. The number of rotatable bonds is 10. The van der Waals surface area contributed by atoms with E-state index in [1.54, 1.807) is 20.1 Å². The summed E-state index contributed by atoms with van der Waals surface area (Å²) >= 11 is 0. The molecule has 0 spiro atoms. The highest BCUT2D eigenvalue weighted by molar-refractivity contribution is 5.50. The van der Waals surface area contributed by atoms with Crippen molar-refractivity contribution in [3.63, 3.8) is 0 Å². The third-order valence-corrected chi connectivity index (χ3v) is 2.63. The van der Waals surface area contributed by atoms with Crippen LogP contribution in [0.3, 0.4) is 0 Å². The average molecular weight is 271 g/mol. The molecule has 0 amide bonds. The molecule has 108 valence electrons. The van der Waals surface area contributed by atoms with Crippen LogP contribution in [-0.2, 0) is 14.2 Å². The van der Waals surface area contributed by atoms with E-state index in [9.17, 15) is 4.39 Å². The van der Waals surface area contributed by atoms with Crippen LogP contribution in [-0.4, -0.2) is 46.7 Å². The largest absolute Gasteiger partial charge is 0.382 e. The molecule has 19 heavy (non-hydrogen) atoms. The smallest absolute Gasteiger partial charge is 0.128 e. The van der Waals surface area contributed by atoms with Crippen molar-refractivity contribution < 1.29 is 18.6 Å². The van der Waals surface area contributed by atoms with Gasteiger partial charge in [-0.1, -0.05) is 6.07 Å². The minimum absolute atomic E-state index is 0.197. The molecule has 0 fully saturated rings. The molecule has 0 heterocycles. The number of halogens is 1. The Kier molecular flexibility index (Phi) is 8.13. The van der Waals surface area contributed by atoms with E-state index in [-0.39, 0.29) is 5.82 Å². The summed E-state index contributed by atoms with van der Waals surface area (Å²) in [5.74, 6) is -0.197. The quantitative estimate of drug-likeness (QED) is 0.662. The number of hydrogen-bond acceptors (Lipinski definition) is 4. The lowest BCUT2D eigenvalue weighted by atomic mass is 10.2. The zero-order valence-electron chi connectivity index (χ0n) is 11.6. The maximum atomic E-state index is 13.3. The highest BCUT2D eigenvalue weighted by atomic mass is 19.1.